The summed E-state index contributed by atoms with van der Waals surface area (Å²) in [5.41, 5.74) is 15.3. The Morgan fingerprint density at radius 1 is 0.431 bits per heavy atom. The molecule has 10 aromatic rings. The molecule has 0 saturated carbocycles. The number of hydrogen-bond donors (Lipinski definition) is 0. The SMILES string of the molecule is c1ccc(-c2nc3cccc4c3n2-c2ccccc2C42c3ccccc3-c3ccc(-n4c5ccccc5c5cc6ccccc6cc54)cc32)cc1. The zero-order valence-corrected chi connectivity index (χ0v) is 27.6. The van der Waals surface area contributed by atoms with Gasteiger partial charge in [0.05, 0.1) is 33.2 Å². The number of para-hydroxylation sites is 3. The Morgan fingerprint density at radius 2 is 1.14 bits per heavy atom. The van der Waals surface area contributed by atoms with Crippen molar-refractivity contribution in [3.05, 3.63) is 198 Å². The van der Waals surface area contributed by atoms with Gasteiger partial charge in [-0.2, -0.15) is 0 Å². The third kappa shape index (κ3) is 3.36. The van der Waals surface area contributed by atoms with Crippen molar-refractivity contribution in [1.29, 1.82) is 0 Å². The summed E-state index contributed by atoms with van der Waals surface area (Å²) >= 11 is 0. The number of aromatic nitrogens is 3. The molecule has 0 saturated heterocycles. The average Bonchev–Trinajstić information content (AvgIpc) is 3.83. The highest BCUT2D eigenvalue weighted by molar-refractivity contribution is 6.13. The van der Waals surface area contributed by atoms with Gasteiger partial charge < -0.3 is 4.57 Å². The van der Waals surface area contributed by atoms with Gasteiger partial charge in [-0.25, -0.2) is 4.98 Å². The Balaban J connectivity index is 1.22. The minimum atomic E-state index is -0.534. The molecule has 0 radical (unpaired) electrons. The Hall–Kier alpha value is -6.71. The molecule has 3 heterocycles. The molecular weight excluding hydrogens is 619 g/mol. The monoisotopic (exact) mass is 647 g/mol. The maximum Gasteiger partial charge on any atom is 0.145 e. The summed E-state index contributed by atoms with van der Waals surface area (Å²) in [5, 5.41) is 5.04. The van der Waals surface area contributed by atoms with E-state index in [1.807, 2.05) is 0 Å². The van der Waals surface area contributed by atoms with E-state index in [0.29, 0.717) is 0 Å². The lowest BCUT2D eigenvalue weighted by atomic mass is 9.65. The summed E-state index contributed by atoms with van der Waals surface area (Å²) in [5.74, 6) is 0.970. The zero-order valence-electron chi connectivity index (χ0n) is 27.6. The van der Waals surface area contributed by atoms with Crippen LogP contribution >= 0.6 is 0 Å². The summed E-state index contributed by atoms with van der Waals surface area (Å²) in [6, 6.07) is 64.8. The summed E-state index contributed by atoms with van der Waals surface area (Å²) in [6.45, 7) is 0. The van der Waals surface area contributed by atoms with E-state index in [1.165, 1.54) is 77.2 Å². The van der Waals surface area contributed by atoms with E-state index < -0.39 is 5.41 Å². The molecule has 1 aliphatic carbocycles. The fourth-order valence-electron chi connectivity index (χ4n) is 9.50. The lowest BCUT2D eigenvalue weighted by Crippen LogP contribution is -2.33. The van der Waals surface area contributed by atoms with E-state index in [9.17, 15) is 0 Å². The van der Waals surface area contributed by atoms with Crippen LogP contribution in [-0.2, 0) is 5.41 Å². The van der Waals surface area contributed by atoms with E-state index in [0.717, 1.165) is 22.6 Å². The Morgan fingerprint density at radius 3 is 2.04 bits per heavy atom. The summed E-state index contributed by atoms with van der Waals surface area (Å²) < 4.78 is 4.88. The van der Waals surface area contributed by atoms with Crippen LogP contribution in [0.4, 0.5) is 0 Å². The Labute approximate surface area is 294 Å². The van der Waals surface area contributed by atoms with Gasteiger partial charge in [0.1, 0.15) is 5.82 Å². The maximum atomic E-state index is 5.33. The standard InChI is InChI=1S/C48H29N3/c1-2-13-30(14-3-1)47-49-42-22-12-21-40-46(42)51(47)44-24-11-9-20-39(44)48(40)38-19-8-6-17-34(38)35-26-25-33(29-41(35)48)50-43-23-10-7-18-36(43)37-27-31-15-4-5-16-32(31)28-45(37)50/h1-29H. The van der Waals surface area contributed by atoms with Gasteiger partial charge in [-0.3, -0.25) is 4.57 Å². The topological polar surface area (TPSA) is 22.8 Å². The molecule has 1 atom stereocenters. The highest BCUT2D eigenvalue weighted by Gasteiger charge is 2.51. The van der Waals surface area contributed by atoms with E-state index >= 15 is 0 Å². The van der Waals surface area contributed by atoms with Crippen molar-refractivity contribution >= 4 is 43.6 Å². The molecule has 8 aromatic carbocycles. The number of hydrogen-bond acceptors (Lipinski definition) is 1. The number of fused-ring (bicyclic) bond motifs is 13. The predicted octanol–water partition coefficient (Wildman–Crippen LogP) is 11.6. The number of nitrogens with zero attached hydrogens (tertiary/aromatic N) is 3. The molecule has 0 amide bonds. The zero-order chi connectivity index (χ0) is 33.3. The molecule has 1 aliphatic heterocycles. The molecule has 2 aromatic heterocycles. The largest absolute Gasteiger partial charge is 0.309 e. The first-order valence-electron chi connectivity index (χ1n) is 17.6. The number of rotatable bonds is 2. The van der Waals surface area contributed by atoms with E-state index in [-0.39, 0.29) is 0 Å². The second kappa shape index (κ2) is 9.71. The molecule has 236 valence electrons. The molecular formula is C48H29N3. The first-order valence-corrected chi connectivity index (χ1v) is 17.6. The predicted molar refractivity (Wildman–Crippen MR) is 209 cm³/mol. The fraction of sp³-hybridized carbons (Fsp3) is 0.0208. The molecule has 0 bridgehead atoms. The van der Waals surface area contributed by atoms with Crippen LogP contribution in [0, 0.1) is 0 Å². The van der Waals surface area contributed by atoms with Crippen molar-refractivity contribution in [3.63, 3.8) is 0 Å². The van der Waals surface area contributed by atoms with Gasteiger partial charge in [-0.1, -0.05) is 133 Å². The number of benzene rings is 8. The van der Waals surface area contributed by atoms with Gasteiger partial charge in [0.15, 0.2) is 0 Å². The lowest BCUT2D eigenvalue weighted by Gasteiger charge is -2.39. The van der Waals surface area contributed by atoms with E-state index in [1.54, 1.807) is 0 Å². The smallest absolute Gasteiger partial charge is 0.145 e. The molecule has 2 aliphatic rings. The Bertz CT molecular complexity index is 3090. The van der Waals surface area contributed by atoms with Crippen LogP contribution in [-0.4, -0.2) is 14.1 Å². The Kier molecular flexibility index (Phi) is 5.17. The van der Waals surface area contributed by atoms with Gasteiger partial charge >= 0.3 is 0 Å². The van der Waals surface area contributed by atoms with E-state index in [4.69, 9.17) is 4.98 Å². The van der Waals surface area contributed by atoms with Gasteiger partial charge in [0, 0.05) is 22.0 Å². The van der Waals surface area contributed by atoms with Crippen LogP contribution in [0.25, 0.3) is 77.5 Å². The van der Waals surface area contributed by atoms with E-state index in [2.05, 4.69) is 185 Å². The van der Waals surface area contributed by atoms with Gasteiger partial charge in [-0.05, 0) is 86.6 Å². The molecule has 3 heteroatoms. The second-order valence-electron chi connectivity index (χ2n) is 13.9. The van der Waals surface area contributed by atoms with Crippen LogP contribution in [0.1, 0.15) is 22.3 Å². The number of imidazole rings is 1. The van der Waals surface area contributed by atoms with Crippen LogP contribution in [0.5, 0.6) is 0 Å². The van der Waals surface area contributed by atoms with Gasteiger partial charge in [0.25, 0.3) is 0 Å². The first-order chi connectivity index (χ1) is 25.3. The molecule has 0 fully saturated rings. The van der Waals surface area contributed by atoms with Crippen LogP contribution < -0.4 is 0 Å². The highest BCUT2D eigenvalue weighted by atomic mass is 15.1. The first kappa shape index (κ1) is 27.2. The normalized spacial score (nSPS) is 15.5. The minimum Gasteiger partial charge on any atom is -0.309 e. The molecule has 0 N–H and O–H groups in total. The van der Waals surface area contributed by atoms with Crippen LogP contribution in [0.3, 0.4) is 0 Å². The molecule has 1 unspecified atom stereocenters. The van der Waals surface area contributed by atoms with Crippen molar-refractivity contribution in [2.75, 3.05) is 0 Å². The van der Waals surface area contributed by atoms with Gasteiger partial charge in [0.2, 0.25) is 0 Å². The summed E-state index contributed by atoms with van der Waals surface area (Å²) in [4.78, 5) is 5.33. The molecule has 12 rings (SSSR count). The van der Waals surface area contributed by atoms with Crippen molar-refractivity contribution in [2.24, 2.45) is 0 Å². The third-order valence-electron chi connectivity index (χ3n) is 11.5. The minimum absolute atomic E-state index is 0.534. The molecule has 3 nitrogen and oxygen atoms in total. The van der Waals surface area contributed by atoms with Crippen molar-refractivity contribution < 1.29 is 0 Å². The van der Waals surface area contributed by atoms with Crippen LogP contribution in [0.15, 0.2) is 176 Å². The maximum absolute atomic E-state index is 5.33. The van der Waals surface area contributed by atoms with Crippen molar-refractivity contribution in [1.82, 2.24) is 14.1 Å². The molecule has 51 heavy (non-hydrogen) atoms. The van der Waals surface area contributed by atoms with Gasteiger partial charge in [-0.15, -0.1) is 0 Å². The quantitative estimate of drug-likeness (QED) is 0.183. The summed E-state index contributed by atoms with van der Waals surface area (Å²) in [6.07, 6.45) is 0. The van der Waals surface area contributed by atoms with Crippen molar-refractivity contribution in [3.8, 4) is 33.9 Å². The van der Waals surface area contributed by atoms with Crippen molar-refractivity contribution in [2.45, 2.75) is 5.41 Å². The third-order valence-corrected chi connectivity index (χ3v) is 11.5. The fourth-order valence-corrected chi connectivity index (χ4v) is 9.50. The van der Waals surface area contributed by atoms with Crippen LogP contribution in [0.2, 0.25) is 0 Å². The lowest BCUT2D eigenvalue weighted by molar-refractivity contribution is 0.745. The second-order valence-corrected chi connectivity index (χ2v) is 13.9. The highest BCUT2D eigenvalue weighted by Crippen LogP contribution is 2.61. The average molecular weight is 648 g/mol. The summed E-state index contributed by atoms with van der Waals surface area (Å²) in [7, 11) is 0. The molecule has 1 spiro atoms.